The van der Waals surface area contributed by atoms with Gasteiger partial charge in [-0.2, -0.15) is 0 Å². The summed E-state index contributed by atoms with van der Waals surface area (Å²) in [6, 6.07) is 1.36. The number of aromatic hydroxyl groups is 1. The Kier molecular flexibility index (Phi) is 15.5. The number of nitrogens with one attached hydrogen (secondary N) is 1. The highest BCUT2D eigenvalue weighted by Crippen LogP contribution is 2.56. The maximum atomic E-state index is 14.2. The molecule has 1 aromatic rings. The molecule has 2 fully saturated rings. The number of phenols is 1. The number of allylic oxidation sites excluding steroid dienone is 4. The number of carboxylic acids is 1. The molecule has 1 amide bonds. The molecule has 6 aliphatic heterocycles. The highest BCUT2D eigenvalue weighted by atomic mass is 16.8. The number of aliphatic hydroxyl groups excluding tert-OH is 2. The Labute approximate surface area is 411 Å². The first kappa shape index (κ1) is 53.0. The molecule has 1 aromatic carbocycles. The van der Waals surface area contributed by atoms with Crippen LogP contribution in [-0.2, 0) is 61.8 Å². The third kappa shape index (κ3) is 10.6. The number of fused-ring (bicyclic) bond motifs is 14. The van der Waals surface area contributed by atoms with E-state index in [9.17, 15) is 44.4 Å². The molecule has 14 atom stereocenters. The molecule has 0 saturated carbocycles. The zero-order valence-corrected chi connectivity index (χ0v) is 41.7. The third-order valence-corrected chi connectivity index (χ3v) is 14.2. The Morgan fingerprint density at radius 2 is 1.69 bits per heavy atom. The van der Waals surface area contributed by atoms with Gasteiger partial charge in [0.25, 0.3) is 5.91 Å². The lowest BCUT2D eigenvalue weighted by atomic mass is 9.77. The zero-order valence-electron chi connectivity index (χ0n) is 41.7. The highest BCUT2D eigenvalue weighted by Gasteiger charge is 2.53. The fraction of sp³-hybridized carbons (Fsp3) is 0.588. The normalized spacial score (nSPS) is 35.3. The number of ether oxygens (including phenoxy) is 10. The van der Waals surface area contributed by atoms with Gasteiger partial charge in [0.15, 0.2) is 23.6 Å². The van der Waals surface area contributed by atoms with E-state index < -0.39 is 126 Å². The zero-order chi connectivity index (χ0) is 52.0. The van der Waals surface area contributed by atoms with Crippen LogP contribution in [0, 0.1) is 29.1 Å². The maximum absolute atomic E-state index is 14.2. The summed E-state index contributed by atoms with van der Waals surface area (Å²) in [7, 11) is 0. The second-order valence-electron chi connectivity index (χ2n) is 19.9. The molecular weight excluding hydrogens is 931 g/mol. The molecule has 6 heterocycles. The minimum atomic E-state index is -1.74. The summed E-state index contributed by atoms with van der Waals surface area (Å²) in [5.41, 5.74) is -1.13. The van der Waals surface area contributed by atoms with Crippen LogP contribution in [0.4, 0.5) is 5.69 Å². The van der Waals surface area contributed by atoms with Crippen LogP contribution in [0.5, 0.6) is 11.5 Å². The first-order valence-corrected chi connectivity index (χ1v) is 23.7. The first-order valence-electron chi connectivity index (χ1n) is 23.7. The second-order valence-corrected chi connectivity index (χ2v) is 19.9. The Morgan fingerprint density at radius 1 is 0.972 bits per heavy atom. The van der Waals surface area contributed by atoms with Gasteiger partial charge in [-0.15, -0.1) is 0 Å². The van der Waals surface area contributed by atoms with E-state index >= 15 is 0 Å². The van der Waals surface area contributed by atoms with Crippen molar-refractivity contribution in [3.05, 3.63) is 70.4 Å². The predicted octanol–water partition coefficient (Wildman–Crippen LogP) is 5.54. The van der Waals surface area contributed by atoms with Crippen LogP contribution in [0.15, 0.2) is 59.3 Å². The van der Waals surface area contributed by atoms with Crippen LogP contribution in [0.1, 0.15) is 105 Å². The molecule has 388 valence electrons. The Balaban J connectivity index is 1.34. The molecule has 8 rings (SSSR count). The average molecular weight is 996 g/mol. The average Bonchev–Trinajstić information content (AvgIpc) is 3.83. The van der Waals surface area contributed by atoms with Crippen molar-refractivity contribution >= 4 is 40.9 Å². The Hall–Kier alpha value is -5.77. The molecular formula is C51H65NO19. The van der Waals surface area contributed by atoms with Crippen molar-refractivity contribution in [3.8, 4) is 11.5 Å². The summed E-state index contributed by atoms with van der Waals surface area (Å²) in [5, 5.41) is 48.3. The minimum absolute atomic E-state index is 0.0859. The highest BCUT2D eigenvalue weighted by molar-refractivity contribution is 6.21. The van der Waals surface area contributed by atoms with E-state index in [2.05, 4.69) is 5.32 Å². The maximum Gasteiger partial charge on any atom is 0.312 e. The molecule has 0 spiro atoms. The summed E-state index contributed by atoms with van der Waals surface area (Å²) < 4.78 is 61.3. The van der Waals surface area contributed by atoms with Crippen molar-refractivity contribution in [2.45, 2.75) is 150 Å². The number of phenolic OH excluding ortho intramolecular Hbond substituents is 1. The molecule has 7 aliphatic rings. The number of hydrogen-bond donors (Lipinski definition) is 5. The molecule has 2 saturated heterocycles. The molecule has 14 unspecified atom stereocenters. The van der Waals surface area contributed by atoms with Crippen LogP contribution in [0.3, 0.4) is 0 Å². The smallest absolute Gasteiger partial charge is 0.312 e. The van der Waals surface area contributed by atoms with E-state index in [1.807, 2.05) is 6.92 Å². The topological polar surface area (TPSA) is 271 Å². The van der Waals surface area contributed by atoms with Crippen molar-refractivity contribution in [2.75, 3.05) is 18.9 Å². The van der Waals surface area contributed by atoms with Crippen molar-refractivity contribution in [1.29, 1.82) is 0 Å². The first-order chi connectivity index (χ1) is 33.3. The summed E-state index contributed by atoms with van der Waals surface area (Å²) in [4.78, 5) is 65.9. The van der Waals surface area contributed by atoms with E-state index in [0.29, 0.717) is 0 Å². The number of anilines is 1. The molecule has 0 aromatic heterocycles. The van der Waals surface area contributed by atoms with Gasteiger partial charge in [-0.05, 0) is 47.6 Å². The lowest BCUT2D eigenvalue weighted by Gasteiger charge is -2.41. The number of esters is 2. The lowest BCUT2D eigenvalue weighted by Crippen LogP contribution is -2.50. The molecule has 71 heavy (non-hydrogen) atoms. The van der Waals surface area contributed by atoms with Gasteiger partial charge in [-0.25, -0.2) is 0 Å². The number of hydrogen-bond acceptors (Lipinski definition) is 18. The van der Waals surface area contributed by atoms with Gasteiger partial charge in [0.2, 0.25) is 6.79 Å². The largest absolute Gasteiger partial charge is 0.505 e. The van der Waals surface area contributed by atoms with Crippen LogP contribution in [0.2, 0.25) is 0 Å². The summed E-state index contributed by atoms with van der Waals surface area (Å²) in [6.45, 7) is 16.6. The van der Waals surface area contributed by atoms with E-state index in [1.165, 1.54) is 72.1 Å². The van der Waals surface area contributed by atoms with E-state index in [0.717, 1.165) is 0 Å². The Bertz CT molecular complexity index is 2450. The van der Waals surface area contributed by atoms with Crippen LogP contribution in [0.25, 0.3) is 5.57 Å². The third-order valence-electron chi connectivity index (χ3n) is 14.2. The molecule has 20 nitrogen and oxygen atoms in total. The second kappa shape index (κ2) is 20.8. The van der Waals surface area contributed by atoms with E-state index in [4.69, 9.17) is 47.4 Å². The fourth-order valence-corrected chi connectivity index (χ4v) is 9.95. The molecule has 5 N–H and O–H groups in total. The lowest BCUT2D eigenvalue weighted by molar-refractivity contribution is -0.246. The van der Waals surface area contributed by atoms with E-state index in [1.54, 1.807) is 33.8 Å². The van der Waals surface area contributed by atoms with Gasteiger partial charge < -0.3 is 73.1 Å². The number of aliphatic carboxylic acids is 1. The summed E-state index contributed by atoms with van der Waals surface area (Å²) in [5.74, 6) is -9.85. The predicted molar refractivity (Wildman–Crippen MR) is 248 cm³/mol. The van der Waals surface area contributed by atoms with Crippen molar-refractivity contribution < 1.29 is 91.8 Å². The molecule has 0 radical (unpaired) electrons. The van der Waals surface area contributed by atoms with Gasteiger partial charge in [-0.3, -0.25) is 24.0 Å². The number of amides is 1. The van der Waals surface area contributed by atoms with Crippen LogP contribution >= 0.6 is 0 Å². The number of rotatable bonds is 8. The number of Topliss-reactive ketones (excluding diaryl/α,β-unsaturated/α-hetero) is 1. The summed E-state index contributed by atoms with van der Waals surface area (Å²) in [6.07, 6.45) is -1.15. The number of carboxylic acid groups (broad SMARTS) is 1. The number of benzene rings is 1. The number of carbonyl (C=O) groups excluding carboxylic acids is 4. The summed E-state index contributed by atoms with van der Waals surface area (Å²) >= 11 is 0. The van der Waals surface area contributed by atoms with Gasteiger partial charge in [0.1, 0.15) is 36.6 Å². The number of carbonyl (C=O) groups is 5. The fourth-order valence-electron chi connectivity index (χ4n) is 9.95. The van der Waals surface area contributed by atoms with Gasteiger partial charge in [0, 0.05) is 66.7 Å². The number of aliphatic hydroxyl groups is 2. The quantitative estimate of drug-likeness (QED) is 0.158. The van der Waals surface area contributed by atoms with Gasteiger partial charge in [-0.1, -0.05) is 39.0 Å². The number of ketones is 1. The molecule has 20 heteroatoms. The molecule has 7 bridgehead atoms. The van der Waals surface area contributed by atoms with Crippen LogP contribution < -0.4 is 10.1 Å². The Morgan fingerprint density at radius 3 is 2.38 bits per heavy atom. The van der Waals surface area contributed by atoms with Crippen LogP contribution in [-0.4, -0.2) is 125 Å². The van der Waals surface area contributed by atoms with Crippen molar-refractivity contribution in [3.63, 3.8) is 0 Å². The van der Waals surface area contributed by atoms with Gasteiger partial charge >= 0.3 is 23.7 Å². The minimum Gasteiger partial charge on any atom is -0.505 e. The molecule has 1 aliphatic carbocycles. The SMILES string of the molecule is CC(=O)OC1C(C)C(OC2CC3OCOC3C(C)O2)/C=C/OC2(C)OC3=C(C)C(=O)c4c(O)c(cc5c4C3=C2OCO5)NC(=O)/C(C)=C\C=C\C(C(C)OC(=O)C(C)(C)CC(=O)O)C(O)C(C)C(O)C1C. The monoisotopic (exact) mass is 995 g/mol. The van der Waals surface area contributed by atoms with Gasteiger partial charge in [0.05, 0.1) is 65.4 Å². The standard InChI is InChI=1S/C51H65NO19/c1-22-13-12-14-30(27(6)68-49(61)50(9,10)19-35(54)55)41(57)24(3)40(56)25(4)44(69-29(8)53)23(2)32(70-36-18-34-46(28(7)67-36)64-20-63-34)15-16-66-51(11)47-39-37-33(62-21-65-47)17-31(52-48(22)60)43(59)38(37)42(58)26(5)45(39)71-51/h12-17,23-25,27-28,30,32,34,36,40-41,44,46,56-57,59H,18-21H2,1-11H3,(H,52,60)(H,54,55)/b14-12+,16-15+,22-13-. The van der Waals surface area contributed by atoms with Crippen molar-refractivity contribution in [1.82, 2.24) is 0 Å². The van der Waals surface area contributed by atoms with E-state index in [-0.39, 0.29) is 76.2 Å². The van der Waals surface area contributed by atoms with Crippen molar-refractivity contribution in [2.24, 2.45) is 29.1 Å².